The van der Waals surface area contributed by atoms with Crippen LogP contribution in [0, 0.1) is 5.82 Å². The Balaban J connectivity index is 1.99. The number of unbranched alkanes of at least 4 members (excludes halogenated alkanes) is 7. The summed E-state index contributed by atoms with van der Waals surface area (Å²) < 4.78 is 25.3. The monoisotopic (exact) mass is 362 g/mol. The maximum absolute atomic E-state index is 14.6. The van der Waals surface area contributed by atoms with Gasteiger partial charge in [-0.05, 0) is 30.4 Å². The number of hydrogen-bond donors (Lipinski definition) is 0. The van der Waals surface area contributed by atoms with Gasteiger partial charge in [-0.3, -0.25) is 0 Å². The van der Waals surface area contributed by atoms with Gasteiger partial charge in [-0.15, -0.1) is 0 Å². The highest BCUT2D eigenvalue weighted by Crippen LogP contribution is 2.25. The van der Waals surface area contributed by atoms with E-state index in [1.807, 2.05) is 6.92 Å². The molecule has 0 saturated heterocycles. The van der Waals surface area contributed by atoms with Crippen molar-refractivity contribution in [3.05, 3.63) is 40.2 Å². The molecule has 0 atom stereocenters. The van der Waals surface area contributed by atoms with Crippen LogP contribution in [0.15, 0.2) is 27.4 Å². The van der Waals surface area contributed by atoms with Gasteiger partial charge in [0.1, 0.15) is 11.1 Å². The van der Waals surface area contributed by atoms with Gasteiger partial charge < -0.3 is 9.15 Å². The molecule has 1 aromatic carbocycles. The number of benzene rings is 1. The standard InChI is InChI=1S/C22H31FO3/c1-3-5-7-8-9-10-11-12-18-16-17-13-14-19(25-15-6-4-2)21(23)20(17)22(24)26-18/h13-14,16H,3-12,15H2,1-2H3. The molecule has 3 nitrogen and oxygen atoms in total. The summed E-state index contributed by atoms with van der Waals surface area (Å²) in [5, 5.41) is 0.571. The molecule has 0 bridgehead atoms. The van der Waals surface area contributed by atoms with E-state index in [4.69, 9.17) is 9.15 Å². The van der Waals surface area contributed by atoms with Crippen molar-refractivity contribution in [1.82, 2.24) is 0 Å². The van der Waals surface area contributed by atoms with Crippen molar-refractivity contribution in [1.29, 1.82) is 0 Å². The van der Waals surface area contributed by atoms with Gasteiger partial charge >= 0.3 is 5.63 Å². The van der Waals surface area contributed by atoms with E-state index in [2.05, 4.69) is 6.92 Å². The number of ether oxygens (including phenoxy) is 1. The summed E-state index contributed by atoms with van der Waals surface area (Å²) in [6.07, 6.45) is 11.0. The summed E-state index contributed by atoms with van der Waals surface area (Å²) in [4.78, 5) is 12.2. The van der Waals surface area contributed by atoms with E-state index >= 15 is 0 Å². The number of fused-ring (bicyclic) bond motifs is 1. The van der Waals surface area contributed by atoms with Gasteiger partial charge in [-0.2, -0.15) is 0 Å². The second kappa shape index (κ2) is 11.0. The first kappa shape index (κ1) is 20.5. The van der Waals surface area contributed by atoms with Gasteiger partial charge in [0.15, 0.2) is 11.6 Å². The molecule has 1 aromatic heterocycles. The van der Waals surface area contributed by atoms with Crippen molar-refractivity contribution in [3.63, 3.8) is 0 Å². The summed E-state index contributed by atoms with van der Waals surface area (Å²) in [5.74, 6) is 0.142. The first-order valence-corrected chi connectivity index (χ1v) is 10.0. The van der Waals surface area contributed by atoms with Gasteiger partial charge in [0.05, 0.1) is 6.61 Å². The number of rotatable bonds is 12. The lowest BCUT2D eigenvalue weighted by Gasteiger charge is -2.09. The molecule has 0 fully saturated rings. The molecule has 2 aromatic rings. The molecule has 0 amide bonds. The molecular weight excluding hydrogens is 331 g/mol. The quantitative estimate of drug-likeness (QED) is 0.410. The predicted molar refractivity (Wildman–Crippen MR) is 105 cm³/mol. The molecule has 26 heavy (non-hydrogen) atoms. The van der Waals surface area contributed by atoms with Crippen LogP contribution in [0.3, 0.4) is 0 Å². The van der Waals surface area contributed by atoms with Crippen LogP contribution >= 0.6 is 0 Å². The molecule has 0 aliphatic rings. The Bertz CT molecular complexity index is 736. The lowest BCUT2D eigenvalue weighted by molar-refractivity contribution is 0.295. The van der Waals surface area contributed by atoms with Gasteiger partial charge in [-0.1, -0.05) is 64.9 Å². The van der Waals surface area contributed by atoms with Gasteiger partial charge in [0.2, 0.25) is 0 Å². The highest BCUT2D eigenvalue weighted by Gasteiger charge is 2.14. The van der Waals surface area contributed by atoms with E-state index in [0.717, 1.165) is 32.1 Å². The van der Waals surface area contributed by atoms with Gasteiger partial charge in [0.25, 0.3) is 0 Å². The van der Waals surface area contributed by atoms with Crippen molar-refractivity contribution >= 4 is 10.8 Å². The zero-order valence-corrected chi connectivity index (χ0v) is 16.1. The molecule has 0 aliphatic carbocycles. The van der Waals surface area contributed by atoms with E-state index in [0.29, 0.717) is 17.8 Å². The molecule has 0 N–H and O–H groups in total. The van der Waals surface area contributed by atoms with Crippen molar-refractivity contribution < 1.29 is 13.5 Å². The Hall–Kier alpha value is -1.84. The molecule has 0 unspecified atom stereocenters. The van der Waals surface area contributed by atoms with Crippen LogP contribution in [0.25, 0.3) is 10.8 Å². The third-order valence-corrected chi connectivity index (χ3v) is 4.67. The van der Waals surface area contributed by atoms with Crippen LogP contribution in [-0.2, 0) is 6.42 Å². The van der Waals surface area contributed by atoms with E-state index < -0.39 is 11.4 Å². The first-order valence-electron chi connectivity index (χ1n) is 10.0. The SMILES string of the molecule is CCCCCCCCCc1cc2ccc(OCCCC)c(F)c2c(=O)o1. The third-order valence-electron chi connectivity index (χ3n) is 4.67. The van der Waals surface area contributed by atoms with Crippen LogP contribution in [0.4, 0.5) is 4.39 Å². The fourth-order valence-electron chi connectivity index (χ4n) is 3.09. The maximum atomic E-state index is 14.6. The minimum absolute atomic E-state index is 0.0117. The summed E-state index contributed by atoms with van der Waals surface area (Å²) >= 11 is 0. The molecule has 2 rings (SSSR count). The largest absolute Gasteiger partial charge is 0.490 e. The van der Waals surface area contributed by atoms with Crippen LogP contribution in [0.1, 0.15) is 77.4 Å². The zero-order valence-electron chi connectivity index (χ0n) is 16.1. The molecule has 0 aliphatic heterocycles. The van der Waals surface area contributed by atoms with Crippen molar-refractivity contribution in [2.75, 3.05) is 6.61 Å². The van der Waals surface area contributed by atoms with Crippen LogP contribution in [-0.4, -0.2) is 6.61 Å². The summed E-state index contributed by atoms with van der Waals surface area (Å²) in [7, 11) is 0. The lowest BCUT2D eigenvalue weighted by Crippen LogP contribution is -2.07. The van der Waals surface area contributed by atoms with Crippen LogP contribution < -0.4 is 10.4 Å². The van der Waals surface area contributed by atoms with E-state index in [-0.39, 0.29) is 11.1 Å². The average molecular weight is 362 g/mol. The Morgan fingerprint density at radius 1 is 0.962 bits per heavy atom. The summed E-state index contributed by atoms with van der Waals surface area (Å²) in [5.41, 5.74) is -0.612. The normalized spacial score (nSPS) is 11.2. The number of hydrogen-bond acceptors (Lipinski definition) is 3. The molecule has 0 radical (unpaired) electrons. The second-order valence-electron chi connectivity index (χ2n) is 6.92. The molecule has 0 spiro atoms. The zero-order chi connectivity index (χ0) is 18.8. The molecule has 1 heterocycles. The maximum Gasteiger partial charge on any atom is 0.346 e. The minimum atomic E-state index is -0.616. The number of halogens is 1. The van der Waals surface area contributed by atoms with E-state index in [9.17, 15) is 9.18 Å². The van der Waals surface area contributed by atoms with Gasteiger partial charge in [0, 0.05) is 6.42 Å². The third kappa shape index (κ3) is 5.86. The summed E-state index contributed by atoms with van der Waals surface area (Å²) in [6.45, 7) is 4.70. The van der Waals surface area contributed by atoms with Crippen LogP contribution in [0.5, 0.6) is 5.75 Å². The van der Waals surface area contributed by atoms with Gasteiger partial charge in [-0.25, -0.2) is 9.18 Å². The Kier molecular flexibility index (Phi) is 8.66. The first-order chi connectivity index (χ1) is 12.7. The predicted octanol–water partition coefficient (Wildman–Crippen LogP) is 6.40. The highest BCUT2D eigenvalue weighted by atomic mass is 19.1. The average Bonchev–Trinajstić information content (AvgIpc) is 2.63. The second-order valence-corrected chi connectivity index (χ2v) is 6.92. The molecular formula is C22H31FO3. The topological polar surface area (TPSA) is 39.4 Å². The van der Waals surface area contributed by atoms with Crippen molar-refractivity contribution in [2.24, 2.45) is 0 Å². The number of aryl methyl sites for hydroxylation is 1. The van der Waals surface area contributed by atoms with Crippen molar-refractivity contribution in [2.45, 2.75) is 78.1 Å². The lowest BCUT2D eigenvalue weighted by atomic mass is 10.1. The minimum Gasteiger partial charge on any atom is -0.490 e. The van der Waals surface area contributed by atoms with Crippen LogP contribution in [0.2, 0.25) is 0 Å². The van der Waals surface area contributed by atoms with Crippen molar-refractivity contribution in [3.8, 4) is 5.75 Å². The van der Waals surface area contributed by atoms with E-state index in [1.54, 1.807) is 18.2 Å². The summed E-state index contributed by atoms with van der Waals surface area (Å²) in [6, 6.07) is 5.13. The molecule has 144 valence electrons. The Labute approximate surface area is 155 Å². The smallest absolute Gasteiger partial charge is 0.346 e. The molecule has 0 saturated carbocycles. The fraction of sp³-hybridized carbons (Fsp3) is 0.591. The highest BCUT2D eigenvalue weighted by molar-refractivity contribution is 5.83. The molecule has 4 heteroatoms. The van der Waals surface area contributed by atoms with E-state index in [1.165, 1.54) is 32.1 Å². The fourth-order valence-corrected chi connectivity index (χ4v) is 3.09. The Morgan fingerprint density at radius 2 is 1.65 bits per heavy atom. The Morgan fingerprint density at radius 3 is 2.38 bits per heavy atom.